The third-order valence-electron chi connectivity index (χ3n) is 1.78. The predicted octanol–water partition coefficient (Wildman–Crippen LogP) is 2.77. The molecule has 0 bridgehead atoms. The summed E-state index contributed by atoms with van der Waals surface area (Å²) in [5.74, 6) is -0.158. The maximum Gasteiger partial charge on any atom is 0.250 e. The second-order valence-electron chi connectivity index (χ2n) is 2.69. The van der Waals surface area contributed by atoms with Crippen LogP contribution in [0.5, 0.6) is 0 Å². The number of benzene rings is 1. The number of nitrogens with zero attached hydrogens (tertiary/aromatic N) is 2. The quantitative estimate of drug-likeness (QED) is 0.776. The van der Waals surface area contributed by atoms with E-state index in [9.17, 15) is 4.39 Å². The number of hydrogen-bond donors (Lipinski definition) is 0. The van der Waals surface area contributed by atoms with Crippen molar-refractivity contribution in [2.24, 2.45) is 0 Å². The van der Waals surface area contributed by atoms with Gasteiger partial charge in [0, 0.05) is 5.33 Å². The molecule has 72 valence electrons. The Labute approximate surface area is 88.1 Å². The highest BCUT2D eigenvalue weighted by atomic mass is 79.9. The van der Waals surface area contributed by atoms with Gasteiger partial charge in [-0.15, -0.1) is 10.2 Å². The fourth-order valence-corrected chi connectivity index (χ4v) is 1.45. The zero-order valence-corrected chi connectivity index (χ0v) is 8.66. The van der Waals surface area contributed by atoms with Crippen LogP contribution < -0.4 is 0 Å². The Morgan fingerprint density at radius 2 is 2.29 bits per heavy atom. The maximum atomic E-state index is 13.5. The summed E-state index contributed by atoms with van der Waals surface area (Å²) in [5, 5.41) is 7.74. The van der Waals surface area contributed by atoms with Crippen molar-refractivity contribution in [3.8, 4) is 11.5 Å². The molecule has 0 aliphatic carbocycles. The summed E-state index contributed by atoms with van der Waals surface area (Å²) in [4.78, 5) is 0. The maximum absolute atomic E-state index is 13.5. The number of rotatable bonds is 2. The van der Waals surface area contributed by atoms with Crippen LogP contribution in [0.1, 0.15) is 5.56 Å². The Balaban J connectivity index is 2.46. The number of aromatic nitrogens is 2. The summed E-state index contributed by atoms with van der Waals surface area (Å²) in [6.45, 7) is 0. The molecule has 14 heavy (non-hydrogen) atoms. The van der Waals surface area contributed by atoms with Gasteiger partial charge in [-0.3, -0.25) is 0 Å². The minimum atomic E-state index is -0.355. The first kappa shape index (κ1) is 9.33. The van der Waals surface area contributed by atoms with Gasteiger partial charge in [-0.05, 0) is 17.7 Å². The van der Waals surface area contributed by atoms with Crippen LogP contribution in [0.15, 0.2) is 29.0 Å². The number of alkyl halides is 1. The van der Waals surface area contributed by atoms with Gasteiger partial charge in [0.05, 0.1) is 5.56 Å². The zero-order chi connectivity index (χ0) is 9.97. The van der Waals surface area contributed by atoms with Gasteiger partial charge in [0.2, 0.25) is 12.3 Å². The van der Waals surface area contributed by atoms with E-state index in [-0.39, 0.29) is 11.7 Å². The molecule has 5 heteroatoms. The summed E-state index contributed by atoms with van der Waals surface area (Å²) >= 11 is 3.25. The molecule has 0 amide bonds. The van der Waals surface area contributed by atoms with Crippen molar-refractivity contribution < 1.29 is 8.81 Å². The van der Waals surface area contributed by atoms with E-state index in [1.165, 1.54) is 12.5 Å². The minimum Gasteiger partial charge on any atom is -0.423 e. The lowest BCUT2D eigenvalue weighted by Gasteiger charge is -1.99. The Bertz CT molecular complexity index is 430. The van der Waals surface area contributed by atoms with Crippen LogP contribution in [0.3, 0.4) is 0 Å². The predicted molar refractivity (Wildman–Crippen MR) is 52.3 cm³/mol. The molecule has 2 aromatic rings. The fourth-order valence-electron chi connectivity index (χ4n) is 1.11. The largest absolute Gasteiger partial charge is 0.423 e. The average molecular weight is 257 g/mol. The van der Waals surface area contributed by atoms with Crippen molar-refractivity contribution in [1.82, 2.24) is 10.2 Å². The van der Waals surface area contributed by atoms with Crippen molar-refractivity contribution in [3.63, 3.8) is 0 Å². The van der Waals surface area contributed by atoms with Crippen molar-refractivity contribution >= 4 is 15.9 Å². The zero-order valence-electron chi connectivity index (χ0n) is 7.08. The first-order valence-corrected chi connectivity index (χ1v) is 5.04. The lowest BCUT2D eigenvalue weighted by atomic mass is 10.1. The van der Waals surface area contributed by atoms with Gasteiger partial charge < -0.3 is 4.42 Å². The summed E-state index contributed by atoms with van der Waals surface area (Å²) in [5.41, 5.74) is 1.19. The van der Waals surface area contributed by atoms with Crippen LogP contribution in [-0.4, -0.2) is 10.2 Å². The molecule has 0 saturated heterocycles. The second kappa shape index (κ2) is 3.88. The van der Waals surface area contributed by atoms with Crippen LogP contribution in [0.25, 0.3) is 11.5 Å². The van der Waals surface area contributed by atoms with Crippen molar-refractivity contribution in [3.05, 3.63) is 36.0 Å². The molecule has 0 spiro atoms. The van der Waals surface area contributed by atoms with Crippen molar-refractivity contribution in [2.75, 3.05) is 0 Å². The molecule has 0 aliphatic heterocycles. The SMILES string of the molecule is Fc1cc(CBr)ccc1-c1nnco1. The van der Waals surface area contributed by atoms with Crippen LogP contribution in [0.2, 0.25) is 0 Å². The first-order chi connectivity index (χ1) is 6.81. The standard InChI is InChI=1S/C9H6BrFN2O/c10-4-6-1-2-7(8(11)3-6)9-13-12-5-14-9/h1-3,5H,4H2. The Morgan fingerprint density at radius 3 is 2.86 bits per heavy atom. The molecule has 2 rings (SSSR count). The lowest BCUT2D eigenvalue weighted by molar-refractivity contribution is 0.557. The molecule has 0 aliphatic rings. The van der Waals surface area contributed by atoms with Crippen molar-refractivity contribution in [1.29, 1.82) is 0 Å². The second-order valence-corrected chi connectivity index (χ2v) is 3.25. The van der Waals surface area contributed by atoms with Crippen LogP contribution >= 0.6 is 15.9 Å². The molecule has 0 N–H and O–H groups in total. The van der Waals surface area contributed by atoms with Gasteiger partial charge in [-0.2, -0.15) is 0 Å². The third-order valence-corrected chi connectivity index (χ3v) is 2.43. The normalized spacial score (nSPS) is 10.4. The van der Waals surface area contributed by atoms with E-state index >= 15 is 0 Å². The van der Waals surface area contributed by atoms with E-state index in [0.717, 1.165) is 5.56 Å². The highest BCUT2D eigenvalue weighted by molar-refractivity contribution is 9.08. The van der Waals surface area contributed by atoms with E-state index in [0.29, 0.717) is 10.9 Å². The third kappa shape index (κ3) is 1.68. The van der Waals surface area contributed by atoms with Gasteiger partial charge in [0.1, 0.15) is 5.82 Å². The molecule has 0 atom stereocenters. The van der Waals surface area contributed by atoms with Crippen LogP contribution in [-0.2, 0) is 5.33 Å². The van der Waals surface area contributed by atoms with E-state index in [1.807, 2.05) is 0 Å². The fraction of sp³-hybridized carbons (Fsp3) is 0.111. The average Bonchev–Trinajstić information content (AvgIpc) is 2.70. The van der Waals surface area contributed by atoms with Crippen molar-refractivity contribution in [2.45, 2.75) is 5.33 Å². The Hall–Kier alpha value is -1.23. The molecule has 0 saturated carbocycles. The lowest BCUT2D eigenvalue weighted by Crippen LogP contribution is -1.87. The van der Waals surface area contributed by atoms with Crippen LogP contribution in [0, 0.1) is 5.82 Å². The Kier molecular flexibility index (Phi) is 2.58. The molecule has 1 heterocycles. The number of hydrogen-bond acceptors (Lipinski definition) is 3. The number of halogens is 2. The van der Waals surface area contributed by atoms with Gasteiger partial charge in [-0.25, -0.2) is 4.39 Å². The molecule has 1 aromatic heterocycles. The summed E-state index contributed by atoms with van der Waals surface area (Å²) < 4.78 is 18.4. The summed E-state index contributed by atoms with van der Waals surface area (Å²) in [7, 11) is 0. The summed E-state index contributed by atoms with van der Waals surface area (Å²) in [6.07, 6.45) is 1.17. The highest BCUT2D eigenvalue weighted by Gasteiger charge is 2.09. The van der Waals surface area contributed by atoms with E-state index < -0.39 is 0 Å². The topological polar surface area (TPSA) is 38.9 Å². The van der Waals surface area contributed by atoms with Gasteiger partial charge in [0.25, 0.3) is 0 Å². The molecular formula is C9H6BrFN2O. The van der Waals surface area contributed by atoms with Gasteiger partial charge in [0.15, 0.2) is 0 Å². The smallest absolute Gasteiger partial charge is 0.250 e. The molecule has 0 unspecified atom stereocenters. The molecule has 0 radical (unpaired) electrons. The van der Waals surface area contributed by atoms with Gasteiger partial charge >= 0.3 is 0 Å². The molecule has 1 aromatic carbocycles. The molecule has 0 fully saturated rings. The monoisotopic (exact) mass is 256 g/mol. The first-order valence-electron chi connectivity index (χ1n) is 3.92. The Morgan fingerprint density at radius 1 is 1.43 bits per heavy atom. The molecular weight excluding hydrogens is 251 g/mol. The van der Waals surface area contributed by atoms with E-state index in [4.69, 9.17) is 4.42 Å². The van der Waals surface area contributed by atoms with Crippen LogP contribution in [0.4, 0.5) is 4.39 Å². The van der Waals surface area contributed by atoms with Gasteiger partial charge in [-0.1, -0.05) is 22.0 Å². The van der Waals surface area contributed by atoms with E-state index in [1.54, 1.807) is 12.1 Å². The highest BCUT2D eigenvalue weighted by Crippen LogP contribution is 2.21. The minimum absolute atomic E-state index is 0.198. The van der Waals surface area contributed by atoms with E-state index in [2.05, 4.69) is 26.1 Å². The summed E-state index contributed by atoms with van der Waals surface area (Å²) in [6, 6.07) is 4.87. The molecule has 3 nitrogen and oxygen atoms in total.